The molecule has 1 aliphatic heterocycles. The predicted molar refractivity (Wildman–Crippen MR) is 129 cm³/mol. The second kappa shape index (κ2) is 12.9. The highest BCUT2D eigenvalue weighted by atomic mass is 35.5. The molecule has 3 N–H and O–H groups in total. The van der Waals surface area contributed by atoms with Gasteiger partial charge >= 0.3 is 0 Å². The minimum absolute atomic E-state index is 0. The van der Waals surface area contributed by atoms with Gasteiger partial charge in [-0.1, -0.05) is 19.8 Å². The van der Waals surface area contributed by atoms with Gasteiger partial charge in [0, 0.05) is 44.0 Å². The third kappa shape index (κ3) is 6.36. The lowest BCUT2D eigenvalue weighted by Gasteiger charge is -2.37. The molecule has 1 aromatic carbocycles. The smallest absolute Gasteiger partial charge is 0.227 e. The Balaban J connectivity index is 0.00000280. The number of nitrogens with one attached hydrogen (secondary N) is 1. The minimum atomic E-state index is -0.450. The Labute approximate surface area is 198 Å². The molecule has 1 aliphatic carbocycles. The van der Waals surface area contributed by atoms with Crippen LogP contribution in [-0.4, -0.2) is 50.1 Å². The average Bonchev–Trinajstić information content (AvgIpc) is 3.18. The van der Waals surface area contributed by atoms with Gasteiger partial charge in [0.2, 0.25) is 5.91 Å². The molecule has 5 nitrogen and oxygen atoms in total. The SMILES string of the molecule is CCN1CCN(c2ccc(F)cc2C(C)NC(=O)C2(CN)CCCC2)CC1.Cl.Cl.Cl. The van der Waals surface area contributed by atoms with Gasteiger partial charge in [-0.3, -0.25) is 4.79 Å². The van der Waals surface area contributed by atoms with E-state index in [0.29, 0.717) is 6.54 Å². The van der Waals surface area contributed by atoms with E-state index < -0.39 is 5.41 Å². The van der Waals surface area contributed by atoms with Crippen LogP contribution in [0, 0.1) is 11.2 Å². The summed E-state index contributed by atoms with van der Waals surface area (Å²) in [5, 5.41) is 3.13. The highest BCUT2D eigenvalue weighted by molar-refractivity contribution is 5.86. The second-order valence-corrected chi connectivity index (χ2v) is 8.01. The standard InChI is InChI=1S/C21H33FN4O.3ClH/c1-3-25-10-12-26(13-11-25)19-7-6-17(22)14-18(19)16(2)24-20(27)21(15-23)8-4-5-9-21;;;/h6-7,14,16H,3-5,8-13,15,23H2,1-2H3,(H,24,27);3*1H. The van der Waals surface area contributed by atoms with Crippen LogP contribution in [0.1, 0.15) is 51.1 Å². The molecule has 2 fully saturated rings. The molecule has 2 aliphatic rings. The zero-order valence-corrected chi connectivity index (χ0v) is 20.3. The number of likely N-dealkylation sites (N-methyl/N-ethyl adjacent to an activating group) is 1. The van der Waals surface area contributed by atoms with E-state index in [1.807, 2.05) is 13.0 Å². The van der Waals surface area contributed by atoms with Crippen molar-refractivity contribution >= 4 is 48.8 Å². The topological polar surface area (TPSA) is 61.6 Å². The largest absolute Gasteiger partial charge is 0.369 e. The number of benzene rings is 1. The number of nitrogens with two attached hydrogens (primary N) is 1. The monoisotopic (exact) mass is 484 g/mol. The summed E-state index contributed by atoms with van der Waals surface area (Å²) in [6.45, 7) is 9.39. The Morgan fingerprint density at radius 3 is 2.30 bits per heavy atom. The van der Waals surface area contributed by atoms with Gasteiger partial charge in [0.25, 0.3) is 0 Å². The number of anilines is 1. The first-order valence-electron chi connectivity index (χ1n) is 10.3. The first kappa shape index (κ1) is 29.2. The lowest BCUT2D eigenvalue weighted by atomic mass is 9.85. The van der Waals surface area contributed by atoms with E-state index >= 15 is 0 Å². The summed E-state index contributed by atoms with van der Waals surface area (Å²) in [7, 11) is 0. The summed E-state index contributed by atoms with van der Waals surface area (Å²) in [6, 6.07) is 4.67. The number of carbonyl (C=O) groups is 1. The molecule has 174 valence electrons. The van der Waals surface area contributed by atoms with Crippen LogP contribution in [0.25, 0.3) is 0 Å². The summed E-state index contributed by atoms with van der Waals surface area (Å²) in [5.41, 5.74) is 7.36. The zero-order chi connectivity index (χ0) is 19.4. The third-order valence-corrected chi connectivity index (χ3v) is 6.40. The highest BCUT2D eigenvalue weighted by Crippen LogP contribution is 2.38. The van der Waals surface area contributed by atoms with E-state index in [1.54, 1.807) is 6.07 Å². The number of piperazine rings is 1. The first-order valence-corrected chi connectivity index (χ1v) is 10.3. The zero-order valence-electron chi connectivity index (χ0n) is 17.9. The molecule has 0 spiro atoms. The van der Waals surface area contributed by atoms with Crippen molar-refractivity contribution in [2.75, 3.05) is 44.2 Å². The maximum absolute atomic E-state index is 14.0. The fourth-order valence-corrected chi connectivity index (χ4v) is 4.47. The van der Waals surface area contributed by atoms with Crippen molar-refractivity contribution in [2.24, 2.45) is 11.1 Å². The van der Waals surface area contributed by atoms with Gasteiger partial charge in [0.15, 0.2) is 0 Å². The molecule has 9 heteroatoms. The molecule has 0 aromatic heterocycles. The normalized spacial score (nSPS) is 19.1. The van der Waals surface area contributed by atoms with Gasteiger partial charge in [-0.2, -0.15) is 0 Å². The number of halogens is 4. The lowest BCUT2D eigenvalue weighted by Crippen LogP contribution is -2.47. The Kier molecular flexibility index (Phi) is 12.6. The van der Waals surface area contributed by atoms with Crippen LogP contribution in [0.15, 0.2) is 18.2 Å². The van der Waals surface area contributed by atoms with Crippen LogP contribution < -0.4 is 16.0 Å². The number of carbonyl (C=O) groups excluding carboxylic acids is 1. The van der Waals surface area contributed by atoms with Crippen molar-refractivity contribution in [1.82, 2.24) is 10.2 Å². The summed E-state index contributed by atoms with van der Waals surface area (Å²) in [4.78, 5) is 17.6. The summed E-state index contributed by atoms with van der Waals surface area (Å²) >= 11 is 0. The van der Waals surface area contributed by atoms with Gasteiger partial charge in [0.1, 0.15) is 5.82 Å². The minimum Gasteiger partial charge on any atom is -0.369 e. The van der Waals surface area contributed by atoms with Crippen molar-refractivity contribution in [3.8, 4) is 0 Å². The summed E-state index contributed by atoms with van der Waals surface area (Å²) in [5.74, 6) is -0.252. The van der Waals surface area contributed by atoms with Gasteiger partial charge in [-0.15, -0.1) is 37.2 Å². The molecule has 1 saturated carbocycles. The molecule has 3 rings (SSSR count). The van der Waals surface area contributed by atoms with Crippen molar-refractivity contribution in [3.05, 3.63) is 29.6 Å². The summed E-state index contributed by atoms with van der Waals surface area (Å²) in [6.07, 6.45) is 3.78. The van der Waals surface area contributed by atoms with Crippen LogP contribution >= 0.6 is 37.2 Å². The van der Waals surface area contributed by atoms with Crippen LogP contribution in [0.4, 0.5) is 10.1 Å². The van der Waals surface area contributed by atoms with Crippen LogP contribution in [0.5, 0.6) is 0 Å². The fraction of sp³-hybridized carbons (Fsp3) is 0.667. The van der Waals surface area contributed by atoms with Crippen molar-refractivity contribution in [2.45, 2.75) is 45.6 Å². The quantitative estimate of drug-likeness (QED) is 0.641. The Hall–Kier alpha value is -0.790. The Bertz CT molecular complexity index is 666. The number of amides is 1. The molecule has 0 bridgehead atoms. The van der Waals surface area contributed by atoms with E-state index in [9.17, 15) is 9.18 Å². The second-order valence-electron chi connectivity index (χ2n) is 8.01. The molecule has 1 atom stereocenters. The van der Waals surface area contributed by atoms with E-state index in [2.05, 4.69) is 22.0 Å². The highest BCUT2D eigenvalue weighted by Gasteiger charge is 2.40. The Morgan fingerprint density at radius 1 is 1.17 bits per heavy atom. The van der Waals surface area contributed by atoms with E-state index in [4.69, 9.17) is 5.73 Å². The van der Waals surface area contributed by atoms with E-state index in [0.717, 1.165) is 69.7 Å². The van der Waals surface area contributed by atoms with Crippen LogP contribution in [0.3, 0.4) is 0 Å². The molecular formula is C21H36Cl3FN4O. The molecule has 30 heavy (non-hydrogen) atoms. The van der Waals surface area contributed by atoms with Gasteiger partial charge in [-0.05, 0) is 44.5 Å². The number of rotatable bonds is 6. The van der Waals surface area contributed by atoms with Crippen LogP contribution in [-0.2, 0) is 4.79 Å². The molecule has 1 unspecified atom stereocenters. The molecule has 0 radical (unpaired) electrons. The predicted octanol–water partition coefficient (Wildman–Crippen LogP) is 3.93. The van der Waals surface area contributed by atoms with Crippen molar-refractivity contribution in [3.63, 3.8) is 0 Å². The van der Waals surface area contributed by atoms with Crippen molar-refractivity contribution < 1.29 is 9.18 Å². The summed E-state index contributed by atoms with van der Waals surface area (Å²) < 4.78 is 14.0. The molecular weight excluding hydrogens is 450 g/mol. The molecule has 1 saturated heterocycles. The maximum atomic E-state index is 14.0. The lowest BCUT2D eigenvalue weighted by molar-refractivity contribution is -0.131. The maximum Gasteiger partial charge on any atom is 0.227 e. The number of nitrogens with zero attached hydrogens (tertiary/aromatic N) is 2. The molecule has 1 amide bonds. The average molecular weight is 486 g/mol. The van der Waals surface area contributed by atoms with Crippen molar-refractivity contribution in [1.29, 1.82) is 0 Å². The fourth-order valence-electron chi connectivity index (χ4n) is 4.47. The van der Waals surface area contributed by atoms with Crippen LogP contribution in [0.2, 0.25) is 0 Å². The number of hydrogen-bond acceptors (Lipinski definition) is 4. The van der Waals surface area contributed by atoms with E-state index in [1.165, 1.54) is 6.07 Å². The van der Waals surface area contributed by atoms with Gasteiger partial charge in [0.05, 0.1) is 11.5 Å². The number of hydrogen-bond donors (Lipinski definition) is 2. The van der Waals surface area contributed by atoms with E-state index in [-0.39, 0.29) is 55.0 Å². The third-order valence-electron chi connectivity index (χ3n) is 6.40. The Morgan fingerprint density at radius 2 is 1.77 bits per heavy atom. The van der Waals surface area contributed by atoms with Gasteiger partial charge < -0.3 is 20.9 Å². The van der Waals surface area contributed by atoms with Gasteiger partial charge in [-0.25, -0.2) is 4.39 Å². The first-order chi connectivity index (χ1) is 13.0. The molecule has 1 heterocycles. The molecule has 1 aromatic rings.